The molecule has 1 fully saturated rings. The summed E-state index contributed by atoms with van der Waals surface area (Å²) in [6.07, 6.45) is 2.81. The minimum Gasteiger partial charge on any atom is -0.488 e. The van der Waals surface area contributed by atoms with Crippen LogP contribution in [0.15, 0.2) is 36.5 Å². The number of aryl methyl sites for hydroxylation is 1. The highest BCUT2D eigenvalue weighted by Crippen LogP contribution is 2.20. The molecular formula is C18H19N5O4. The van der Waals surface area contributed by atoms with Gasteiger partial charge in [-0.3, -0.25) is 4.68 Å². The number of nitrogens with zero attached hydrogens (tertiary/aromatic N) is 5. The van der Waals surface area contributed by atoms with Crippen LogP contribution in [-0.4, -0.2) is 55.2 Å². The van der Waals surface area contributed by atoms with E-state index < -0.39 is 5.97 Å². The highest BCUT2D eigenvalue weighted by atomic mass is 16.5. The number of rotatable bonds is 6. The molecule has 1 saturated heterocycles. The first kappa shape index (κ1) is 17.2. The molecular weight excluding hydrogens is 350 g/mol. The summed E-state index contributed by atoms with van der Waals surface area (Å²) in [7, 11) is 1.68. The summed E-state index contributed by atoms with van der Waals surface area (Å²) in [6.45, 7) is 1.94. The van der Waals surface area contributed by atoms with Gasteiger partial charge in [0.15, 0.2) is 5.69 Å². The van der Waals surface area contributed by atoms with Crippen LogP contribution in [0.1, 0.15) is 22.5 Å². The molecule has 9 nitrogen and oxygen atoms in total. The molecule has 9 heteroatoms. The van der Waals surface area contributed by atoms with Crippen molar-refractivity contribution < 1.29 is 19.4 Å². The van der Waals surface area contributed by atoms with Crippen molar-refractivity contribution in [1.29, 1.82) is 0 Å². The van der Waals surface area contributed by atoms with Crippen molar-refractivity contribution in [2.75, 3.05) is 13.2 Å². The molecule has 0 aliphatic carbocycles. The predicted octanol–water partition coefficient (Wildman–Crippen LogP) is 1.59. The van der Waals surface area contributed by atoms with E-state index in [9.17, 15) is 4.79 Å². The van der Waals surface area contributed by atoms with Gasteiger partial charge in [0.1, 0.15) is 17.5 Å². The number of hydrogen-bond donors (Lipinski definition) is 1. The van der Waals surface area contributed by atoms with E-state index >= 15 is 0 Å². The third kappa shape index (κ3) is 3.82. The first-order valence-electron chi connectivity index (χ1n) is 8.59. The number of carbonyl (C=O) groups is 1. The monoisotopic (exact) mass is 369 g/mol. The van der Waals surface area contributed by atoms with E-state index in [4.69, 9.17) is 14.6 Å². The van der Waals surface area contributed by atoms with Crippen molar-refractivity contribution >= 4 is 5.97 Å². The molecule has 3 aromatic rings. The van der Waals surface area contributed by atoms with Crippen LogP contribution >= 0.6 is 0 Å². The van der Waals surface area contributed by atoms with E-state index in [1.54, 1.807) is 17.9 Å². The second kappa shape index (κ2) is 7.20. The quantitative estimate of drug-likeness (QED) is 0.703. The lowest BCUT2D eigenvalue weighted by atomic mass is 10.2. The number of benzene rings is 1. The number of aromatic carboxylic acids is 1. The first-order chi connectivity index (χ1) is 13.1. The van der Waals surface area contributed by atoms with Gasteiger partial charge < -0.3 is 14.6 Å². The summed E-state index contributed by atoms with van der Waals surface area (Å²) >= 11 is 0. The highest BCUT2D eigenvalue weighted by molar-refractivity contribution is 5.86. The predicted molar refractivity (Wildman–Crippen MR) is 94.6 cm³/mol. The number of carboxylic acids is 1. The van der Waals surface area contributed by atoms with Gasteiger partial charge in [0.05, 0.1) is 31.6 Å². The maximum atomic E-state index is 11.0. The molecule has 27 heavy (non-hydrogen) atoms. The normalized spacial score (nSPS) is 16.6. The molecule has 140 valence electrons. The Balaban J connectivity index is 1.44. The van der Waals surface area contributed by atoms with Crippen LogP contribution in [0.4, 0.5) is 0 Å². The lowest BCUT2D eigenvalue weighted by molar-refractivity contribution is 0.0689. The van der Waals surface area contributed by atoms with Crippen LogP contribution in [0.25, 0.3) is 11.4 Å². The maximum absolute atomic E-state index is 11.0. The second-order valence-electron chi connectivity index (χ2n) is 6.39. The third-order valence-corrected chi connectivity index (χ3v) is 4.36. The topological polar surface area (TPSA) is 104 Å². The Hall–Kier alpha value is -3.20. The van der Waals surface area contributed by atoms with Gasteiger partial charge in [-0.2, -0.15) is 5.10 Å². The van der Waals surface area contributed by atoms with Crippen molar-refractivity contribution in [3.63, 3.8) is 0 Å². The van der Waals surface area contributed by atoms with Crippen LogP contribution < -0.4 is 4.74 Å². The smallest absolute Gasteiger partial charge is 0.356 e. The molecule has 1 aromatic carbocycles. The molecule has 0 saturated carbocycles. The average Bonchev–Trinajstić information content (AvgIpc) is 3.38. The fourth-order valence-electron chi connectivity index (χ4n) is 2.96. The minimum absolute atomic E-state index is 0.0229. The van der Waals surface area contributed by atoms with E-state index in [-0.39, 0.29) is 11.8 Å². The molecule has 0 spiro atoms. The molecule has 4 rings (SSSR count). The molecule has 1 N–H and O–H groups in total. The van der Waals surface area contributed by atoms with Gasteiger partial charge >= 0.3 is 5.97 Å². The highest BCUT2D eigenvalue weighted by Gasteiger charge is 2.17. The number of aromatic nitrogens is 5. The Bertz CT molecular complexity index is 941. The zero-order valence-electron chi connectivity index (χ0n) is 14.8. The van der Waals surface area contributed by atoms with Crippen molar-refractivity contribution in [2.45, 2.75) is 19.1 Å². The molecule has 1 aliphatic rings. The second-order valence-corrected chi connectivity index (χ2v) is 6.39. The molecule has 3 heterocycles. The van der Waals surface area contributed by atoms with Gasteiger partial charge in [-0.15, -0.1) is 5.10 Å². The fraction of sp³-hybridized carbons (Fsp3) is 0.333. The van der Waals surface area contributed by atoms with E-state index in [2.05, 4.69) is 15.4 Å². The Kier molecular flexibility index (Phi) is 4.59. The Labute approximate surface area is 155 Å². The van der Waals surface area contributed by atoms with E-state index in [1.165, 1.54) is 10.7 Å². The molecule has 0 radical (unpaired) electrons. The molecule has 0 bridgehead atoms. The summed E-state index contributed by atoms with van der Waals surface area (Å²) in [5.74, 6) is -0.250. The van der Waals surface area contributed by atoms with Crippen molar-refractivity contribution in [3.8, 4) is 17.1 Å². The lowest BCUT2D eigenvalue weighted by Gasteiger charge is -2.12. The average molecular weight is 369 g/mol. The first-order valence-corrected chi connectivity index (χ1v) is 8.59. The fourth-order valence-corrected chi connectivity index (χ4v) is 2.96. The van der Waals surface area contributed by atoms with Gasteiger partial charge in [-0.05, 0) is 17.7 Å². The largest absolute Gasteiger partial charge is 0.488 e. The molecule has 1 unspecified atom stereocenters. The van der Waals surface area contributed by atoms with Crippen molar-refractivity contribution in [1.82, 2.24) is 24.8 Å². The van der Waals surface area contributed by atoms with Crippen LogP contribution in [0.3, 0.4) is 0 Å². The molecule has 2 aromatic heterocycles. The molecule has 0 amide bonds. The standard InChI is InChI=1S/C18H19N5O4/c1-22-17(8-15(20-22)18(24)25)16-10-23(21-19-16)9-12-2-4-13(5-3-12)27-14-6-7-26-11-14/h2-5,8,10,14H,6-7,9,11H2,1H3,(H,24,25). The van der Waals surface area contributed by atoms with E-state index in [1.807, 2.05) is 24.3 Å². The van der Waals surface area contributed by atoms with Gasteiger partial charge in [0.2, 0.25) is 0 Å². The van der Waals surface area contributed by atoms with Crippen LogP contribution in [-0.2, 0) is 18.3 Å². The molecule has 1 atom stereocenters. The Morgan fingerprint density at radius 1 is 1.37 bits per heavy atom. The SMILES string of the molecule is Cn1nc(C(=O)O)cc1-c1cn(Cc2ccc(OC3CCOC3)cc2)nn1. The van der Waals surface area contributed by atoms with Crippen molar-refractivity contribution in [2.24, 2.45) is 7.05 Å². The zero-order chi connectivity index (χ0) is 18.8. The molecule has 1 aliphatic heterocycles. The van der Waals surface area contributed by atoms with E-state index in [0.29, 0.717) is 24.5 Å². The number of ether oxygens (including phenoxy) is 2. The lowest BCUT2D eigenvalue weighted by Crippen LogP contribution is -2.15. The minimum atomic E-state index is -1.07. The van der Waals surface area contributed by atoms with Crippen LogP contribution in [0.5, 0.6) is 5.75 Å². The van der Waals surface area contributed by atoms with Crippen LogP contribution in [0, 0.1) is 0 Å². The van der Waals surface area contributed by atoms with Gasteiger partial charge in [-0.25, -0.2) is 9.48 Å². The zero-order valence-corrected chi connectivity index (χ0v) is 14.8. The number of hydrogen-bond acceptors (Lipinski definition) is 6. The van der Waals surface area contributed by atoms with Gasteiger partial charge in [0, 0.05) is 19.5 Å². The van der Waals surface area contributed by atoms with E-state index in [0.717, 1.165) is 24.3 Å². The number of carboxylic acid groups (broad SMARTS) is 1. The Morgan fingerprint density at radius 3 is 2.85 bits per heavy atom. The van der Waals surface area contributed by atoms with Crippen LogP contribution in [0.2, 0.25) is 0 Å². The van der Waals surface area contributed by atoms with Gasteiger partial charge in [-0.1, -0.05) is 17.3 Å². The summed E-state index contributed by atoms with van der Waals surface area (Å²) in [5, 5.41) is 21.2. The maximum Gasteiger partial charge on any atom is 0.356 e. The summed E-state index contributed by atoms with van der Waals surface area (Å²) < 4.78 is 14.4. The third-order valence-electron chi connectivity index (χ3n) is 4.36. The summed E-state index contributed by atoms with van der Waals surface area (Å²) in [4.78, 5) is 11.0. The van der Waals surface area contributed by atoms with Gasteiger partial charge in [0.25, 0.3) is 0 Å². The van der Waals surface area contributed by atoms with Crippen molar-refractivity contribution in [3.05, 3.63) is 47.8 Å². The summed E-state index contributed by atoms with van der Waals surface area (Å²) in [6, 6.07) is 9.32. The summed E-state index contributed by atoms with van der Waals surface area (Å²) in [5.41, 5.74) is 2.20. The Morgan fingerprint density at radius 2 is 2.19 bits per heavy atom.